The van der Waals surface area contributed by atoms with Gasteiger partial charge in [0, 0.05) is 42.3 Å². The molecule has 4 nitrogen and oxygen atoms in total. The lowest BCUT2D eigenvalue weighted by Gasteiger charge is -2.21. The van der Waals surface area contributed by atoms with Crippen LogP contribution in [-0.4, -0.2) is 21.9 Å². The van der Waals surface area contributed by atoms with E-state index in [0.29, 0.717) is 24.2 Å². The SMILES string of the molecule is CCCn1cc2c3c(cccc31)CN(C(=O)c1cccc(C#N)c1)CC2. The van der Waals surface area contributed by atoms with Gasteiger partial charge in [0.15, 0.2) is 0 Å². The third-order valence-electron chi connectivity index (χ3n) is 5.07. The maximum absolute atomic E-state index is 13.0. The first kappa shape index (κ1) is 16.4. The zero-order valence-electron chi connectivity index (χ0n) is 14.9. The first-order chi connectivity index (χ1) is 12.7. The second-order valence-corrected chi connectivity index (χ2v) is 6.83. The second-order valence-electron chi connectivity index (χ2n) is 6.83. The Morgan fingerprint density at radius 1 is 1.19 bits per heavy atom. The molecule has 0 spiro atoms. The summed E-state index contributed by atoms with van der Waals surface area (Å²) >= 11 is 0. The van der Waals surface area contributed by atoms with Crippen LogP contribution in [0, 0.1) is 11.3 Å². The molecule has 0 bridgehead atoms. The number of nitriles is 1. The van der Waals surface area contributed by atoms with Gasteiger partial charge < -0.3 is 9.47 Å². The van der Waals surface area contributed by atoms with Crippen molar-refractivity contribution in [2.75, 3.05) is 6.54 Å². The Morgan fingerprint density at radius 3 is 2.85 bits per heavy atom. The standard InChI is InChI=1S/C22H21N3O/c1-2-10-24-14-19-9-11-25(15-18-7-4-8-20(24)21(18)19)22(26)17-6-3-5-16(12-17)13-23/h3-8,12,14H,2,9-11,15H2,1H3. The van der Waals surface area contributed by atoms with Crippen molar-refractivity contribution < 1.29 is 4.79 Å². The molecule has 1 amide bonds. The molecular formula is C22H21N3O. The number of hydrogen-bond acceptors (Lipinski definition) is 2. The lowest BCUT2D eigenvalue weighted by atomic mass is 10.1. The van der Waals surface area contributed by atoms with Crippen LogP contribution < -0.4 is 0 Å². The normalized spacial score (nSPS) is 13.5. The van der Waals surface area contributed by atoms with Gasteiger partial charge in [-0.3, -0.25) is 4.79 Å². The topological polar surface area (TPSA) is 49.0 Å². The molecule has 3 aromatic rings. The highest BCUT2D eigenvalue weighted by Gasteiger charge is 2.23. The molecule has 0 saturated carbocycles. The predicted molar refractivity (Wildman–Crippen MR) is 102 cm³/mol. The molecule has 130 valence electrons. The van der Waals surface area contributed by atoms with Crippen LogP contribution in [0.2, 0.25) is 0 Å². The first-order valence-corrected chi connectivity index (χ1v) is 9.10. The maximum Gasteiger partial charge on any atom is 0.254 e. The van der Waals surface area contributed by atoms with Crippen LogP contribution in [0.4, 0.5) is 0 Å². The third-order valence-corrected chi connectivity index (χ3v) is 5.07. The molecule has 0 unspecified atom stereocenters. The molecule has 0 saturated heterocycles. The molecule has 0 atom stereocenters. The molecule has 0 fully saturated rings. The van der Waals surface area contributed by atoms with E-state index in [1.165, 1.54) is 22.0 Å². The monoisotopic (exact) mass is 343 g/mol. The van der Waals surface area contributed by atoms with Crippen molar-refractivity contribution in [2.24, 2.45) is 0 Å². The molecule has 2 heterocycles. The summed E-state index contributed by atoms with van der Waals surface area (Å²) in [6.45, 7) is 4.51. The fourth-order valence-corrected chi connectivity index (χ4v) is 3.88. The van der Waals surface area contributed by atoms with E-state index in [2.05, 4.69) is 42.0 Å². The van der Waals surface area contributed by atoms with Crippen molar-refractivity contribution in [1.82, 2.24) is 9.47 Å². The van der Waals surface area contributed by atoms with E-state index in [-0.39, 0.29) is 5.91 Å². The van der Waals surface area contributed by atoms with Crippen molar-refractivity contribution in [2.45, 2.75) is 32.9 Å². The van der Waals surface area contributed by atoms with Gasteiger partial charge in [-0.15, -0.1) is 0 Å². The summed E-state index contributed by atoms with van der Waals surface area (Å²) in [5, 5.41) is 10.4. The smallest absolute Gasteiger partial charge is 0.254 e. The molecule has 1 aromatic heterocycles. The number of hydrogen-bond donors (Lipinski definition) is 0. The van der Waals surface area contributed by atoms with Gasteiger partial charge in [0.25, 0.3) is 5.91 Å². The van der Waals surface area contributed by atoms with Crippen LogP contribution in [0.3, 0.4) is 0 Å². The van der Waals surface area contributed by atoms with E-state index < -0.39 is 0 Å². The van der Waals surface area contributed by atoms with Crippen LogP contribution in [-0.2, 0) is 19.5 Å². The summed E-state index contributed by atoms with van der Waals surface area (Å²) in [6.07, 6.45) is 4.21. The molecule has 0 N–H and O–H groups in total. The van der Waals surface area contributed by atoms with Crippen molar-refractivity contribution in [1.29, 1.82) is 5.26 Å². The molecule has 1 aliphatic heterocycles. The van der Waals surface area contributed by atoms with Crippen LogP contribution in [0.1, 0.15) is 40.4 Å². The Balaban J connectivity index is 1.69. The lowest BCUT2D eigenvalue weighted by Crippen LogP contribution is -2.31. The highest BCUT2D eigenvalue weighted by Crippen LogP contribution is 2.30. The molecule has 4 heteroatoms. The summed E-state index contributed by atoms with van der Waals surface area (Å²) in [7, 11) is 0. The van der Waals surface area contributed by atoms with Gasteiger partial charge >= 0.3 is 0 Å². The minimum absolute atomic E-state index is 0.00862. The largest absolute Gasteiger partial charge is 0.347 e. The summed E-state index contributed by atoms with van der Waals surface area (Å²) in [5.41, 5.74) is 4.89. The van der Waals surface area contributed by atoms with Crippen LogP contribution in [0.25, 0.3) is 10.9 Å². The van der Waals surface area contributed by atoms with Gasteiger partial charge in [-0.1, -0.05) is 25.1 Å². The highest BCUT2D eigenvalue weighted by molar-refractivity contribution is 5.95. The number of carbonyl (C=O) groups is 1. The minimum atomic E-state index is -0.00862. The first-order valence-electron chi connectivity index (χ1n) is 9.10. The number of rotatable bonds is 3. The average Bonchev–Trinajstić information content (AvgIpc) is 2.92. The number of nitrogens with zero attached hydrogens (tertiary/aromatic N) is 3. The van der Waals surface area contributed by atoms with Crippen LogP contribution >= 0.6 is 0 Å². The average molecular weight is 343 g/mol. The fourth-order valence-electron chi connectivity index (χ4n) is 3.88. The zero-order chi connectivity index (χ0) is 18.1. The van der Waals surface area contributed by atoms with E-state index in [1.54, 1.807) is 24.3 Å². The second kappa shape index (κ2) is 6.68. The molecule has 2 aromatic carbocycles. The van der Waals surface area contributed by atoms with Gasteiger partial charge in [0.2, 0.25) is 0 Å². The van der Waals surface area contributed by atoms with Crippen molar-refractivity contribution in [3.63, 3.8) is 0 Å². The van der Waals surface area contributed by atoms with E-state index in [9.17, 15) is 4.79 Å². The predicted octanol–water partition coefficient (Wildman–Crippen LogP) is 4.12. The van der Waals surface area contributed by atoms with Gasteiger partial charge in [0.1, 0.15) is 0 Å². The van der Waals surface area contributed by atoms with Crippen molar-refractivity contribution in [3.8, 4) is 6.07 Å². The van der Waals surface area contributed by atoms with Crippen LogP contribution in [0.5, 0.6) is 0 Å². The summed E-state index contributed by atoms with van der Waals surface area (Å²) in [6, 6.07) is 15.4. The number of carbonyl (C=O) groups excluding carboxylic acids is 1. The third kappa shape index (κ3) is 2.76. The number of benzene rings is 2. The molecule has 26 heavy (non-hydrogen) atoms. The Kier molecular flexibility index (Phi) is 4.22. The van der Waals surface area contributed by atoms with Crippen molar-refractivity contribution >= 4 is 16.8 Å². The lowest BCUT2D eigenvalue weighted by molar-refractivity contribution is 0.0747. The Bertz CT molecular complexity index is 1030. The maximum atomic E-state index is 13.0. The minimum Gasteiger partial charge on any atom is -0.347 e. The van der Waals surface area contributed by atoms with Gasteiger partial charge in [-0.25, -0.2) is 0 Å². The van der Waals surface area contributed by atoms with E-state index in [4.69, 9.17) is 5.26 Å². The number of aryl methyl sites for hydroxylation is 1. The van der Waals surface area contributed by atoms with E-state index >= 15 is 0 Å². The summed E-state index contributed by atoms with van der Waals surface area (Å²) < 4.78 is 2.34. The molecule has 4 rings (SSSR count). The van der Waals surface area contributed by atoms with Gasteiger partial charge in [-0.05, 0) is 48.2 Å². The molecule has 1 aliphatic rings. The molecular weight excluding hydrogens is 322 g/mol. The van der Waals surface area contributed by atoms with Gasteiger partial charge in [-0.2, -0.15) is 5.26 Å². The van der Waals surface area contributed by atoms with Gasteiger partial charge in [0.05, 0.1) is 11.6 Å². The van der Waals surface area contributed by atoms with E-state index in [0.717, 1.165) is 19.4 Å². The van der Waals surface area contributed by atoms with Crippen LogP contribution in [0.15, 0.2) is 48.7 Å². The molecule has 0 radical (unpaired) electrons. The Hall–Kier alpha value is -3.06. The zero-order valence-corrected chi connectivity index (χ0v) is 14.9. The highest BCUT2D eigenvalue weighted by atomic mass is 16.2. The number of aromatic nitrogens is 1. The summed E-state index contributed by atoms with van der Waals surface area (Å²) in [5.74, 6) is -0.00862. The number of amides is 1. The Morgan fingerprint density at radius 2 is 2.04 bits per heavy atom. The fraction of sp³-hybridized carbons (Fsp3) is 0.273. The van der Waals surface area contributed by atoms with E-state index in [1.807, 2.05) is 4.90 Å². The quantitative estimate of drug-likeness (QED) is 0.718. The van der Waals surface area contributed by atoms with Crippen molar-refractivity contribution in [3.05, 3.63) is 70.9 Å². The molecule has 0 aliphatic carbocycles. The Labute approximate surface area is 153 Å². The summed E-state index contributed by atoms with van der Waals surface area (Å²) in [4.78, 5) is 14.9.